The summed E-state index contributed by atoms with van der Waals surface area (Å²) in [4.78, 5) is 53.7. The first-order chi connectivity index (χ1) is 23.5. The normalized spacial score (nSPS) is 14.2. The van der Waals surface area contributed by atoms with Gasteiger partial charge in [0, 0.05) is 61.5 Å². The van der Waals surface area contributed by atoms with Crippen LogP contribution in [0, 0.1) is 0 Å². The summed E-state index contributed by atoms with van der Waals surface area (Å²) in [5, 5.41) is 0.880. The van der Waals surface area contributed by atoms with Gasteiger partial charge in [0.25, 0.3) is 17.0 Å². The largest absolute Gasteiger partial charge is 0.454 e. The van der Waals surface area contributed by atoms with Crippen molar-refractivity contribution in [3.05, 3.63) is 135 Å². The van der Waals surface area contributed by atoms with E-state index < -0.39 is 0 Å². The van der Waals surface area contributed by atoms with Gasteiger partial charge >= 0.3 is 0 Å². The van der Waals surface area contributed by atoms with Crippen LogP contribution in [0.4, 0.5) is 5.69 Å². The van der Waals surface area contributed by atoms with Crippen LogP contribution in [0.1, 0.15) is 21.6 Å². The number of thioether (sulfide) groups is 1. The van der Waals surface area contributed by atoms with Gasteiger partial charge in [-0.25, -0.2) is 9.97 Å². The fourth-order valence-corrected chi connectivity index (χ4v) is 6.97. The lowest BCUT2D eigenvalue weighted by Crippen LogP contribution is -2.48. The number of pyridine rings is 1. The molecule has 0 N–H and O–H groups in total. The van der Waals surface area contributed by atoms with E-state index in [4.69, 9.17) is 14.5 Å². The molecule has 0 saturated carbocycles. The van der Waals surface area contributed by atoms with Gasteiger partial charge in [0.2, 0.25) is 6.79 Å². The molecule has 0 unspecified atom stereocenters. The second kappa shape index (κ2) is 12.5. The highest BCUT2D eigenvalue weighted by Crippen LogP contribution is 2.35. The number of amides is 1. The zero-order valence-electron chi connectivity index (χ0n) is 25.8. The second-order valence-electron chi connectivity index (χ2n) is 11.6. The van der Waals surface area contributed by atoms with Crippen molar-refractivity contribution in [3.8, 4) is 11.5 Å². The first-order valence-corrected chi connectivity index (χ1v) is 16.6. The molecule has 1 saturated heterocycles. The molecular weight excluding hydrogens is 628 g/mol. The molecule has 8 rings (SSSR count). The minimum absolute atomic E-state index is 0.00934. The number of para-hydroxylation sites is 1. The molecule has 240 valence electrons. The molecule has 48 heavy (non-hydrogen) atoms. The van der Waals surface area contributed by atoms with E-state index in [1.54, 1.807) is 35.0 Å². The number of piperazine rings is 1. The molecule has 2 aliphatic heterocycles. The summed E-state index contributed by atoms with van der Waals surface area (Å²) < 4.78 is 14.2. The Morgan fingerprint density at radius 1 is 0.812 bits per heavy atom. The van der Waals surface area contributed by atoms with E-state index in [9.17, 15) is 14.4 Å². The molecule has 0 spiro atoms. The topological polar surface area (TPSA) is 111 Å². The number of hydrogen-bond donors (Lipinski definition) is 0. The Balaban J connectivity index is 1.05. The summed E-state index contributed by atoms with van der Waals surface area (Å²) in [5.41, 5.74) is 3.81. The number of benzene rings is 3. The number of nitrogens with zero attached hydrogens (tertiary/aromatic N) is 6. The minimum Gasteiger partial charge on any atom is -0.454 e. The number of carbonyl (C=O) groups excluding carboxylic acids is 1. The minimum atomic E-state index is -0.233. The van der Waals surface area contributed by atoms with Gasteiger partial charge in [0.15, 0.2) is 16.7 Å². The zero-order chi connectivity index (χ0) is 32.6. The predicted molar refractivity (Wildman–Crippen MR) is 183 cm³/mol. The van der Waals surface area contributed by atoms with E-state index in [2.05, 4.69) is 22.0 Å². The Hall–Kier alpha value is -5.62. The molecule has 3 aromatic heterocycles. The van der Waals surface area contributed by atoms with E-state index in [0.29, 0.717) is 63.3 Å². The molecule has 1 fully saturated rings. The van der Waals surface area contributed by atoms with Crippen LogP contribution in [0.15, 0.2) is 112 Å². The summed E-state index contributed by atoms with van der Waals surface area (Å²) in [6, 6.07) is 27.9. The maximum absolute atomic E-state index is 14.0. The molecular formula is C36H30N6O5S. The molecule has 6 aromatic rings. The first kappa shape index (κ1) is 29.8. The maximum atomic E-state index is 14.0. The van der Waals surface area contributed by atoms with E-state index in [0.717, 1.165) is 24.3 Å². The Kier molecular flexibility index (Phi) is 7.77. The van der Waals surface area contributed by atoms with Gasteiger partial charge in [-0.3, -0.25) is 23.4 Å². The highest BCUT2D eigenvalue weighted by atomic mass is 32.2. The highest BCUT2D eigenvalue weighted by Gasteiger charge is 2.23. The summed E-state index contributed by atoms with van der Waals surface area (Å²) in [5.74, 6) is 1.36. The standard InChI is InChI=1S/C36H30N6O5S/c43-33-18-26(37-32-8-4-5-13-41(32)33)22-48-36-38-29-20-31-30(46-23-47-31)19-28(29)35(45)42(36)21-24-9-11-25(12-10-24)34(44)40-16-14-39(15-17-40)27-6-2-1-3-7-27/h1-13,18-20H,14-17,21-23H2. The lowest BCUT2D eigenvalue weighted by molar-refractivity contribution is 0.0746. The fraction of sp³-hybridized carbons (Fsp3) is 0.194. The van der Waals surface area contributed by atoms with Gasteiger partial charge in [-0.05, 0) is 48.0 Å². The van der Waals surface area contributed by atoms with Gasteiger partial charge in [-0.2, -0.15) is 0 Å². The zero-order valence-corrected chi connectivity index (χ0v) is 26.6. The average molecular weight is 659 g/mol. The van der Waals surface area contributed by atoms with Crippen LogP contribution in [0.2, 0.25) is 0 Å². The third-order valence-corrected chi connectivity index (χ3v) is 9.63. The maximum Gasteiger partial charge on any atom is 0.262 e. The average Bonchev–Trinajstić information content (AvgIpc) is 3.59. The lowest BCUT2D eigenvalue weighted by atomic mass is 10.1. The van der Waals surface area contributed by atoms with Crippen LogP contribution in [0.3, 0.4) is 0 Å². The Morgan fingerprint density at radius 2 is 1.56 bits per heavy atom. The van der Waals surface area contributed by atoms with Crippen LogP contribution >= 0.6 is 11.8 Å². The van der Waals surface area contributed by atoms with Gasteiger partial charge in [0.05, 0.1) is 23.1 Å². The SMILES string of the molecule is O=C(c1ccc(Cn2c(SCc3cc(=O)n4ccccc4n3)nc3cc4c(cc3c2=O)OCO4)cc1)N1CCN(c2ccccc2)CC1. The number of anilines is 1. The number of fused-ring (bicyclic) bond motifs is 3. The summed E-state index contributed by atoms with van der Waals surface area (Å²) in [6.45, 7) is 3.15. The van der Waals surface area contributed by atoms with Crippen molar-refractivity contribution in [2.24, 2.45) is 0 Å². The smallest absolute Gasteiger partial charge is 0.262 e. The molecule has 3 aromatic carbocycles. The van der Waals surface area contributed by atoms with E-state index in [-0.39, 0.29) is 30.4 Å². The van der Waals surface area contributed by atoms with Crippen molar-refractivity contribution in [3.63, 3.8) is 0 Å². The highest BCUT2D eigenvalue weighted by molar-refractivity contribution is 7.98. The van der Waals surface area contributed by atoms with Crippen LogP contribution in [-0.4, -0.2) is 62.7 Å². The number of ether oxygens (including phenoxy) is 2. The lowest BCUT2D eigenvalue weighted by Gasteiger charge is -2.36. The van der Waals surface area contributed by atoms with Crippen LogP contribution < -0.4 is 25.5 Å². The van der Waals surface area contributed by atoms with Crippen molar-refractivity contribution in [2.75, 3.05) is 37.9 Å². The molecule has 11 nitrogen and oxygen atoms in total. The number of hydrogen-bond acceptors (Lipinski definition) is 9. The number of aromatic nitrogens is 4. The molecule has 0 aliphatic carbocycles. The van der Waals surface area contributed by atoms with Crippen molar-refractivity contribution < 1.29 is 14.3 Å². The van der Waals surface area contributed by atoms with Gasteiger partial charge in [-0.1, -0.05) is 48.2 Å². The third-order valence-electron chi connectivity index (χ3n) is 8.62. The molecule has 5 heterocycles. The first-order valence-electron chi connectivity index (χ1n) is 15.6. The second-order valence-corrected chi connectivity index (χ2v) is 12.6. The van der Waals surface area contributed by atoms with E-state index >= 15 is 0 Å². The van der Waals surface area contributed by atoms with Gasteiger partial charge in [0.1, 0.15) is 5.65 Å². The third kappa shape index (κ3) is 5.75. The summed E-state index contributed by atoms with van der Waals surface area (Å²) in [6.07, 6.45) is 1.68. The Labute approximate surface area is 279 Å². The van der Waals surface area contributed by atoms with Crippen molar-refractivity contribution in [2.45, 2.75) is 17.5 Å². The monoisotopic (exact) mass is 658 g/mol. The fourth-order valence-electron chi connectivity index (χ4n) is 6.08. The number of rotatable bonds is 7. The Morgan fingerprint density at radius 3 is 2.35 bits per heavy atom. The molecule has 12 heteroatoms. The van der Waals surface area contributed by atoms with Gasteiger partial charge < -0.3 is 19.3 Å². The van der Waals surface area contributed by atoms with Crippen molar-refractivity contribution >= 4 is 39.9 Å². The predicted octanol–water partition coefficient (Wildman–Crippen LogP) is 4.44. The van der Waals surface area contributed by atoms with Crippen LogP contribution in [0.25, 0.3) is 16.6 Å². The summed E-state index contributed by atoms with van der Waals surface area (Å²) in [7, 11) is 0. The van der Waals surface area contributed by atoms with Crippen LogP contribution in [-0.2, 0) is 12.3 Å². The van der Waals surface area contributed by atoms with E-state index in [1.165, 1.54) is 22.2 Å². The van der Waals surface area contributed by atoms with Crippen molar-refractivity contribution in [1.82, 2.24) is 23.8 Å². The molecule has 0 radical (unpaired) electrons. The molecule has 0 bridgehead atoms. The quantitative estimate of drug-likeness (QED) is 0.182. The molecule has 1 amide bonds. The molecule has 2 aliphatic rings. The van der Waals surface area contributed by atoms with Gasteiger partial charge in [-0.15, -0.1) is 0 Å². The van der Waals surface area contributed by atoms with Crippen molar-refractivity contribution in [1.29, 1.82) is 0 Å². The Bertz CT molecular complexity index is 2280. The number of carbonyl (C=O) groups is 1. The molecule has 0 atom stereocenters. The summed E-state index contributed by atoms with van der Waals surface area (Å²) >= 11 is 1.33. The van der Waals surface area contributed by atoms with Crippen LogP contribution in [0.5, 0.6) is 11.5 Å². The van der Waals surface area contributed by atoms with E-state index in [1.807, 2.05) is 53.4 Å².